The molecule has 0 bridgehead atoms. The molecule has 0 heterocycles. The zero-order valence-corrected chi connectivity index (χ0v) is 6.36. The molecule has 0 aromatic carbocycles. The molecule has 0 atom stereocenters. The summed E-state index contributed by atoms with van der Waals surface area (Å²) in [5, 5.41) is 0. The third-order valence-electron chi connectivity index (χ3n) is 0.429. The second-order valence-electron chi connectivity index (χ2n) is 1.04. The van der Waals surface area contributed by atoms with Crippen LogP contribution in [0.2, 0.25) is 0 Å². The van der Waals surface area contributed by atoms with Crippen molar-refractivity contribution in [3.63, 3.8) is 0 Å². The van der Waals surface area contributed by atoms with E-state index in [1.807, 2.05) is 6.08 Å². The summed E-state index contributed by atoms with van der Waals surface area (Å²) in [5.74, 6) is 0. The van der Waals surface area contributed by atoms with E-state index in [0.717, 1.165) is 6.42 Å². The summed E-state index contributed by atoms with van der Waals surface area (Å²) in [7, 11) is -1.50. The highest BCUT2D eigenvalue weighted by Crippen LogP contribution is 1.75. The molecule has 0 saturated carbocycles. The van der Waals surface area contributed by atoms with Gasteiger partial charge in [0.1, 0.15) is 0 Å². The van der Waals surface area contributed by atoms with Crippen LogP contribution < -0.4 is 0 Å². The molecule has 50 valence electrons. The van der Waals surface area contributed by atoms with Crippen LogP contribution in [0, 0.1) is 0 Å². The molecule has 0 rings (SSSR count). The first-order valence-corrected chi connectivity index (χ1v) is 3.35. The minimum atomic E-state index is -1.50. The maximum absolute atomic E-state index is 8.57. The second kappa shape index (κ2) is 15.7. The molecular formula is C6H10O2Si. The zero-order valence-electron chi connectivity index (χ0n) is 5.21. The summed E-state index contributed by atoms with van der Waals surface area (Å²) in [6.07, 6.45) is 4.51. The Morgan fingerprint density at radius 3 is 2.33 bits per heavy atom. The molecule has 1 N–H and O–H groups in total. The van der Waals surface area contributed by atoms with Crippen molar-refractivity contribution >= 4 is 9.65 Å². The highest BCUT2D eigenvalue weighted by atomic mass is 28.2. The fourth-order valence-electron chi connectivity index (χ4n) is 0.167. The highest BCUT2D eigenvalue weighted by Gasteiger charge is 1.55. The SMILES string of the molecule is C=C=CCC=C.O=[SiH]O. The molecule has 9 heavy (non-hydrogen) atoms. The van der Waals surface area contributed by atoms with Crippen molar-refractivity contribution < 1.29 is 9.26 Å². The van der Waals surface area contributed by atoms with Gasteiger partial charge in [0.2, 0.25) is 0 Å². The average Bonchev–Trinajstić information content (AvgIpc) is 1.86. The lowest BCUT2D eigenvalue weighted by Gasteiger charge is -1.65. The van der Waals surface area contributed by atoms with Crippen LogP contribution in [0.3, 0.4) is 0 Å². The van der Waals surface area contributed by atoms with E-state index in [1.165, 1.54) is 0 Å². The lowest BCUT2D eigenvalue weighted by atomic mass is 10.4. The van der Waals surface area contributed by atoms with Crippen molar-refractivity contribution in [3.8, 4) is 0 Å². The predicted molar refractivity (Wildman–Crippen MR) is 38.6 cm³/mol. The van der Waals surface area contributed by atoms with Crippen molar-refractivity contribution in [2.75, 3.05) is 0 Å². The van der Waals surface area contributed by atoms with Crippen molar-refractivity contribution in [1.29, 1.82) is 0 Å². The summed E-state index contributed by atoms with van der Waals surface area (Å²) < 4.78 is 8.57. The van der Waals surface area contributed by atoms with E-state index in [1.54, 1.807) is 6.08 Å². The second-order valence-corrected chi connectivity index (χ2v) is 1.25. The summed E-state index contributed by atoms with van der Waals surface area (Å²) >= 11 is 0. The van der Waals surface area contributed by atoms with Crippen LogP contribution in [-0.2, 0) is 4.46 Å². The Kier molecular flexibility index (Phi) is 19.1. The van der Waals surface area contributed by atoms with Crippen LogP contribution >= 0.6 is 0 Å². The molecule has 0 aromatic heterocycles. The molecule has 0 aromatic rings. The molecule has 0 saturated heterocycles. The first-order valence-electron chi connectivity index (χ1n) is 2.36. The minimum Gasteiger partial charge on any atom is -0.541 e. The highest BCUT2D eigenvalue weighted by molar-refractivity contribution is 6.04. The van der Waals surface area contributed by atoms with E-state index in [9.17, 15) is 0 Å². The Bertz CT molecular complexity index is 114. The number of hydrogen-bond acceptors (Lipinski definition) is 1. The molecule has 0 amide bonds. The molecular weight excluding hydrogens is 132 g/mol. The van der Waals surface area contributed by atoms with E-state index in [4.69, 9.17) is 9.26 Å². The van der Waals surface area contributed by atoms with Gasteiger partial charge in [-0.2, -0.15) is 0 Å². The Hall–Kier alpha value is -0.923. The monoisotopic (exact) mass is 142 g/mol. The quantitative estimate of drug-likeness (QED) is 0.348. The Morgan fingerprint density at radius 2 is 2.22 bits per heavy atom. The van der Waals surface area contributed by atoms with Crippen molar-refractivity contribution in [3.05, 3.63) is 31.0 Å². The average molecular weight is 142 g/mol. The first-order chi connectivity index (χ1) is 4.33. The van der Waals surface area contributed by atoms with Gasteiger partial charge in [-0.05, 0) is 12.5 Å². The van der Waals surface area contributed by atoms with E-state index in [2.05, 4.69) is 18.9 Å². The van der Waals surface area contributed by atoms with Gasteiger partial charge >= 0.3 is 9.65 Å². The van der Waals surface area contributed by atoms with Gasteiger partial charge in [0.15, 0.2) is 0 Å². The van der Waals surface area contributed by atoms with Gasteiger partial charge in [0.05, 0.1) is 0 Å². The van der Waals surface area contributed by atoms with Gasteiger partial charge in [-0.3, -0.25) is 0 Å². The fourth-order valence-corrected chi connectivity index (χ4v) is 0.167. The topological polar surface area (TPSA) is 37.3 Å². The smallest absolute Gasteiger partial charge is 0.484 e. The van der Waals surface area contributed by atoms with Gasteiger partial charge in [0.25, 0.3) is 0 Å². The third-order valence-corrected chi connectivity index (χ3v) is 0.429. The van der Waals surface area contributed by atoms with Crippen LogP contribution in [0.15, 0.2) is 31.0 Å². The van der Waals surface area contributed by atoms with Crippen LogP contribution in [0.4, 0.5) is 0 Å². The van der Waals surface area contributed by atoms with Gasteiger partial charge in [0, 0.05) is 0 Å². The number of allylic oxidation sites excluding steroid dienone is 2. The molecule has 0 aliphatic heterocycles. The van der Waals surface area contributed by atoms with Crippen molar-refractivity contribution in [2.45, 2.75) is 6.42 Å². The summed E-state index contributed by atoms with van der Waals surface area (Å²) in [6, 6.07) is 0. The van der Waals surface area contributed by atoms with E-state index in [0.29, 0.717) is 0 Å². The number of hydrogen-bond donors (Lipinski definition) is 1. The number of rotatable bonds is 2. The first kappa shape index (κ1) is 11.0. The zero-order chi connectivity index (χ0) is 7.54. The van der Waals surface area contributed by atoms with Crippen molar-refractivity contribution in [1.82, 2.24) is 0 Å². The van der Waals surface area contributed by atoms with Gasteiger partial charge in [-0.25, -0.2) is 0 Å². The maximum atomic E-state index is 8.57. The lowest BCUT2D eigenvalue weighted by molar-refractivity contribution is 0.478. The van der Waals surface area contributed by atoms with Gasteiger partial charge < -0.3 is 9.26 Å². The van der Waals surface area contributed by atoms with Crippen LogP contribution in [0.1, 0.15) is 6.42 Å². The van der Waals surface area contributed by atoms with E-state index >= 15 is 0 Å². The molecule has 3 heteroatoms. The van der Waals surface area contributed by atoms with Crippen molar-refractivity contribution in [2.24, 2.45) is 0 Å². The van der Waals surface area contributed by atoms with Gasteiger partial charge in [-0.15, -0.1) is 12.3 Å². The maximum Gasteiger partial charge on any atom is 0.484 e. The lowest BCUT2D eigenvalue weighted by Crippen LogP contribution is -1.54. The predicted octanol–water partition coefficient (Wildman–Crippen LogP) is 0.579. The normalized spacial score (nSPS) is 5.33. The molecule has 0 fully saturated rings. The molecule has 2 nitrogen and oxygen atoms in total. The van der Waals surface area contributed by atoms with Gasteiger partial charge in [-0.1, -0.05) is 12.7 Å². The Morgan fingerprint density at radius 1 is 1.78 bits per heavy atom. The largest absolute Gasteiger partial charge is 0.541 e. The standard InChI is InChI=1S/C6H8.H2O2Si/c1-3-5-6-4-2;1-3-2/h3,6H,1-2,5H2;1,3H. The molecule has 0 spiro atoms. The Labute approximate surface area is 57.2 Å². The summed E-state index contributed by atoms with van der Waals surface area (Å²) in [6.45, 7) is 6.87. The molecule has 0 aliphatic rings. The minimum absolute atomic E-state index is 0.878. The van der Waals surface area contributed by atoms with Crippen LogP contribution in [0.5, 0.6) is 0 Å². The third kappa shape index (κ3) is 42.3. The molecule has 0 radical (unpaired) electrons. The van der Waals surface area contributed by atoms with Crippen LogP contribution in [-0.4, -0.2) is 14.4 Å². The Balaban J connectivity index is 0. The van der Waals surface area contributed by atoms with E-state index < -0.39 is 9.65 Å². The molecule has 0 unspecified atom stereocenters. The molecule has 0 aliphatic carbocycles. The van der Waals surface area contributed by atoms with Crippen LogP contribution in [0.25, 0.3) is 0 Å². The summed E-state index contributed by atoms with van der Waals surface area (Å²) in [5.41, 5.74) is 2.62. The fraction of sp³-hybridized carbons (Fsp3) is 0.167. The van der Waals surface area contributed by atoms with E-state index in [-0.39, 0.29) is 0 Å². The summed E-state index contributed by atoms with van der Waals surface area (Å²) in [4.78, 5) is 7.10.